The molecule has 1 saturated heterocycles. The summed E-state index contributed by atoms with van der Waals surface area (Å²) in [7, 11) is 0. The molecule has 1 aromatic rings. The van der Waals surface area contributed by atoms with Gasteiger partial charge in [0.05, 0.1) is 18.8 Å². The van der Waals surface area contributed by atoms with E-state index in [9.17, 15) is 18.0 Å². The first kappa shape index (κ1) is 18.5. The number of amides is 1. The van der Waals surface area contributed by atoms with Gasteiger partial charge in [-0.1, -0.05) is 6.92 Å². The quantitative estimate of drug-likeness (QED) is 0.816. The van der Waals surface area contributed by atoms with Gasteiger partial charge in [0.15, 0.2) is 0 Å². The molecule has 134 valence electrons. The SMILES string of the molecule is CCN1CCN(c2ccc(C(=O)NCC(F)(F)CN)cc2F)CC1. The fourth-order valence-corrected chi connectivity index (χ4v) is 2.59. The van der Waals surface area contributed by atoms with Crippen molar-refractivity contribution in [3.8, 4) is 0 Å². The lowest BCUT2D eigenvalue weighted by atomic mass is 10.1. The summed E-state index contributed by atoms with van der Waals surface area (Å²) in [6.07, 6.45) is 0. The molecular weight excluding hydrogens is 321 g/mol. The van der Waals surface area contributed by atoms with E-state index in [-0.39, 0.29) is 5.56 Å². The zero-order valence-corrected chi connectivity index (χ0v) is 13.7. The minimum absolute atomic E-state index is 0.0104. The van der Waals surface area contributed by atoms with E-state index in [1.54, 1.807) is 0 Å². The highest BCUT2D eigenvalue weighted by atomic mass is 19.3. The van der Waals surface area contributed by atoms with Crippen molar-refractivity contribution in [2.75, 3.05) is 50.7 Å². The van der Waals surface area contributed by atoms with Crippen molar-refractivity contribution in [2.24, 2.45) is 5.73 Å². The van der Waals surface area contributed by atoms with Gasteiger partial charge in [0.1, 0.15) is 5.82 Å². The Morgan fingerprint density at radius 3 is 2.50 bits per heavy atom. The van der Waals surface area contributed by atoms with Crippen molar-refractivity contribution >= 4 is 11.6 Å². The molecule has 3 N–H and O–H groups in total. The lowest BCUT2D eigenvalue weighted by Crippen LogP contribution is -2.46. The number of nitrogens with zero attached hydrogens (tertiary/aromatic N) is 2. The Bertz CT molecular complexity index is 574. The maximum absolute atomic E-state index is 14.3. The fraction of sp³-hybridized carbons (Fsp3) is 0.562. The van der Waals surface area contributed by atoms with E-state index in [1.165, 1.54) is 12.1 Å². The first-order chi connectivity index (χ1) is 11.4. The standard InChI is InChI=1S/C16H23F3N4O/c1-2-22-5-7-23(8-6-22)14-4-3-12(9-13(14)17)15(24)21-11-16(18,19)10-20/h3-4,9H,2,5-8,10-11,20H2,1H3,(H,21,24). The number of piperazine rings is 1. The van der Waals surface area contributed by atoms with Crippen molar-refractivity contribution in [1.82, 2.24) is 10.2 Å². The number of hydrogen-bond donors (Lipinski definition) is 2. The van der Waals surface area contributed by atoms with Crippen molar-refractivity contribution in [2.45, 2.75) is 12.8 Å². The van der Waals surface area contributed by atoms with Crippen LogP contribution in [0.4, 0.5) is 18.9 Å². The molecule has 1 amide bonds. The number of carbonyl (C=O) groups is 1. The minimum atomic E-state index is -3.17. The van der Waals surface area contributed by atoms with Gasteiger partial charge in [-0.15, -0.1) is 0 Å². The van der Waals surface area contributed by atoms with Gasteiger partial charge in [0, 0.05) is 31.7 Å². The Morgan fingerprint density at radius 2 is 1.96 bits per heavy atom. The van der Waals surface area contributed by atoms with E-state index in [1.807, 2.05) is 4.90 Å². The number of alkyl halides is 2. The molecule has 0 unspecified atom stereocenters. The Balaban J connectivity index is 2.00. The summed E-state index contributed by atoms with van der Waals surface area (Å²) in [4.78, 5) is 16.1. The van der Waals surface area contributed by atoms with Gasteiger partial charge >= 0.3 is 0 Å². The minimum Gasteiger partial charge on any atom is -0.367 e. The summed E-state index contributed by atoms with van der Waals surface area (Å²) >= 11 is 0. The summed E-state index contributed by atoms with van der Waals surface area (Å²) in [5, 5.41) is 2.07. The molecule has 0 bridgehead atoms. The van der Waals surface area contributed by atoms with E-state index < -0.39 is 30.7 Å². The molecule has 1 aromatic carbocycles. The third-order valence-corrected chi connectivity index (χ3v) is 4.18. The fourth-order valence-electron chi connectivity index (χ4n) is 2.59. The molecular formula is C16H23F3N4O. The smallest absolute Gasteiger partial charge is 0.277 e. The van der Waals surface area contributed by atoms with E-state index in [0.29, 0.717) is 18.8 Å². The number of carbonyl (C=O) groups excluding carboxylic acids is 1. The van der Waals surface area contributed by atoms with Crippen LogP contribution in [-0.2, 0) is 0 Å². The second-order valence-electron chi connectivity index (χ2n) is 5.83. The average Bonchev–Trinajstić information content (AvgIpc) is 2.60. The summed E-state index contributed by atoms with van der Waals surface area (Å²) in [5.74, 6) is -4.45. The van der Waals surface area contributed by atoms with Crippen LogP contribution in [0.15, 0.2) is 18.2 Å². The second kappa shape index (κ2) is 7.85. The number of hydrogen-bond acceptors (Lipinski definition) is 4. The number of nitrogens with two attached hydrogens (primary N) is 1. The van der Waals surface area contributed by atoms with Crippen LogP contribution in [0.5, 0.6) is 0 Å². The molecule has 1 fully saturated rings. The first-order valence-electron chi connectivity index (χ1n) is 7.99. The topological polar surface area (TPSA) is 61.6 Å². The lowest BCUT2D eigenvalue weighted by Gasteiger charge is -2.35. The van der Waals surface area contributed by atoms with Gasteiger partial charge in [-0.05, 0) is 24.7 Å². The lowest BCUT2D eigenvalue weighted by molar-refractivity contribution is 0.0118. The predicted molar refractivity (Wildman–Crippen MR) is 87.1 cm³/mol. The number of rotatable bonds is 6. The summed E-state index contributed by atoms with van der Waals surface area (Å²) in [5.41, 5.74) is 5.34. The van der Waals surface area contributed by atoms with E-state index in [0.717, 1.165) is 25.7 Å². The average molecular weight is 344 g/mol. The maximum Gasteiger partial charge on any atom is 0.277 e. The zero-order valence-electron chi connectivity index (χ0n) is 13.7. The number of anilines is 1. The summed E-state index contributed by atoms with van der Waals surface area (Å²) in [6, 6.07) is 4.05. The van der Waals surface area contributed by atoms with E-state index in [2.05, 4.69) is 17.1 Å². The summed E-state index contributed by atoms with van der Waals surface area (Å²) < 4.78 is 40.4. The maximum atomic E-state index is 14.3. The van der Waals surface area contributed by atoms with Gasteiger partial charge in [-0.3, -0.25) is 4.79 Å². The molecule has 1 heterocycles. The normalized spacial score (nSPS) is 16.3. The molecule has 8 heteroatoms. The van der Waals surface area contributed by atoms with Gasteiger partial charge in [0.25, 0.3) is 11.8 Å². The Labute approximate surface area is 139 Å². The van der Waals surface area contributed by atoms with Gasteiger partial charge in [0.2, 0.25) is 0 Å². The van der Waals surface area contributed by atoms with Crippen LogP contribution in [0, 0.1) is 5.82 Å². The van der Waals surface area contributed by atoms with Crippen LogP contribution in [0.3, 0.4) is 0 Å². The van der Waals surface area contributed by atoms with Crippen LogP contribution < -0.4 is 16.0 Å². The van der Waals surface area contributed by atoms with E-state index in [4.69, 9.17) is 5.73 Å². The Hall–Kier alpha value is -1.80. The molecule has 0 aromatic heterocycles. The monoisotopic (exact) mass is 344 g/mol. The van der Waals surface area contributed by atoms with Crippen LogP contribution in [-0.4, -0.2) is 62.5 Å². The molecule has 2 rings (SSSR count). The zero-order chi connectivity index (χ0) is 17.7. The number of halogens is 3. The molecule has 1 aliphatic heterocycles. The molecule has 24 heavy (non-hydrogen) atoms. The largest absolute Gasteiger partial charge is 0.367 e. The predicted octanol–water partition coefficient (Wildman–Crippen LogP) is 1.29. The second-order valence-corrected chi connectivity index (χ2v) is 5.83. The Morgan fingerprint density at radius 1 is 1.29 bits per heavy atom. The molecule has 0 atom stereocenters. The third-order valence-electron chi connectivity index (χ3n) is 4.18. The van der Waals surface area contributed by atoms with Crippen LogP contribution in [0.2, 0.25) is 0 Å². The molecule has 0 saturated carbocycles. The van der Waals surface area contributed by atoms with Crippen LogP contribution >= 0.6 is 0 Å². The highest BCUT2D eigenvalue weighted by Crippen LogP contribution is 2.22. The highest BCUT2D eigenvalue weighted by Gasteiger charge is 2.27. The molecule has 1 aliphatic rings. The molecule has 0 aliphatic carbocycles. The van der Waals surface area contributed by atoms with Gasteiger partial charge in [-0.2, -0.15) is 0 Å². The van der Waals surface area contributed by atoms with Crippen molar-refractivity contribution in [3.05, 3.63) is 29.6 Å². The number of benzene rings is 1. The van der Waals surface area contributed by atoms with Gasteiger partial charge in [-0.25, -0.2) is 13.2 Å². The first-order valence-corrected chi connectivity index (χ1v) is 7.99. The van der Waals surface area contributed by atoms with Crippen LogP contribution in [0.1, 0.15) is 17.3 Å². The number of nitrogens with one attached hydrogen (secondary N) is 1. The summed E-state index contributed by atoms with van der Waals surface area (Å²) in [6.45, 7) is 4.44. The molecule has 0 radical (unpaired) electrons. The number of likely N-dealkylation sites (N-methyl/N-ethyl adjacent to an activating group) is 1. The molecule has 5 nitrogen and oxygen atoms in total. The highest BCUT2D eigenvalue weighted by molar-refractivity contribution is 5.94. The van der Waals surface area contributed by atoms with Crippen LogP contribution in [0.25, 0.3) is 0 Å². The van der Waals surface area contributed by atoms with Crippen molar-refractivity contribution < 1.29 is 18.0 Å². The third kappa shape index (κ3) is 4.61. The van der Waals surface area contributed by atoms with Crippen molar-refractivity contribution in [1.29, 1.82) is 0 Å². The van der Waals surface area contributed by atoms with Gasteiger partial charge < -0.3 is 20.9 Å². The Kier molecular flexibility index (Phi) is 6.06. The van der Waals surface area contributed by atoms with Crippen molar-refractivity contribution in [3.63, 3.8) is 0 Å². The molecule has 0 spiro atoms. The van der Waals surface area contributed by atoms with E-state index >= 15 is 0 Å².